The van der Waals surface area contributed by atoms with Crippen molar-refractivity contribution in [3.63, 3.8) is 0 Å². The Kier molecular flexibility index (Phi) is 5.84. The van der Waals surface area contributed by atoms with Crippen LogP contribution < -0.4 is 5.32 Å². The fourth-order valence-electron chi connectivity index (χ4n) is 1.76. The summed E-state index contributed by atoms with van der Waals surface area (Å²) >= 11 is 1.20. The van der Waals surface area contributed by atoms with Crippen LogP contribution in [0.1, 0.15) is 45.3 Å². The standard InChI is InChI=1S/C16H18N2O4S/c1-10(2)22-8-11-3-5-12(6-4-11)15(19)17-7-14-18-13(9-23-14)16(20)21/h3-6,9-10H,7-8H2,1-2H3,(H,17,19)(H,20,21). The van der Waals surface area contributed by atoms with Crippen molar-refractivity contribution < 1.29 is 19.4 Å². The zero-order valence-electron chi connectivity index (χ0n) is 12.9. The van der Waals surface area contributed by atoms with Crippen LogP contribution >= 0.6 is 11.3 Å². The SMILES string of the molecule is CC(C)OCc1ccc(C(=O)NCc2nc(C(=O)O)cs2)cc1. The second kappa shape index (κ2) is 7.85. The van der Waals surface area contributed by atoms with Crippen molar-refractivity contribution in [2.45, 2.75) is 33.1 Å². The topological polar surface area (TPSA) is 88.5 Å². The molecule has 1 heterocycles. The highest BCUT2D eigenvalue weighted by atomic mass is 32.1. The van der Waals surface area contributed by atoms with E-state index in [0.717, 1.165) is 5.56 Å². The molecule has 2 N–H and O–H groups in total. The van der Waals surface area contributed by atoms with Gasteiger partial charge in [-0.25, -0.2) is 9.78 Å². The third kappa shape index (κ3) is 5.15. The van der Waals surface area contributed by atoms with Crippen molar-refractivity contribution >= 4 is 23.2 Å². The predicted octanol–water partition coefficient (Wildman–Crippen LogP) is 2.70. The molecule has 2 rings (SSSR count). The van der Waals surface area contributed by atoms with Gasteiger partial charge in [0, 0.05) is 10.9 Å². The summed E-state index contributed by atoms with van der Waals surface area (Å²) in [6.45, 7) is 4.65. The highest BCUT2D eigenvalue weighted by Gasteiger charge is 2.10. The number of thiazole rings is 1. The van der Waals surface area contributed by atoms with Gasteiger partial charge in [-0.3, -0.25) is 4.79 Å². The molecule has 0 aliphatic carbocycles. The fraction of sp³-hybridized carbons (Fsp3) is 0.312. The van der Waals surface area contributed by atoms with Crippen LogP contribution in [0.4, 0.5) is 0 Å². The number of rotatable bonds is 7. The Bertz CT molecular complexity index is 680. The molecule has 0 unspecified atom stereocenters. The van der Waals surface area contributed by atoms with E-state index in [1.54, 1.807) is 12.1 Å². The first kappa shape index (κ1) is 17.1. The molecule has 1 aromatic heterocycles. The van der Waals surface area contributed by atoms with Gasteiger partial charge in [-0.05, 0) is 31.5 Å². The number of aromatic nitrogens is 1. The van der Waals surface area contributed by atoms with Gasteiger partial charge in [0.1, 0.15) is 5.01 Å². The molecule has 122 valence electrons. The van der Waals surface area contributed by atoms with Gasteiger partial charge in [-0.15, -0.1) is 11.3 Å². The summed E-state index contributed by atoms with van der Waals surface area (Å²) in [6.07, 6.45) is 0.159. The van der Waals surface area contributed by atoms with E-state index < -0.39 is 5.97 Å². The number of nitrogens with one attached hydrogen (secondary N) is 1. The number of carboxylic acid groups (broad SMARTS) is 1. The molecule has 0 bridgehead atoms. The average molecular weight is 334 g/mol. The summed E-state index contributed by atoms with van der Waals surface area (Å²) < 4.78 is 5.50. The maximum Gasteiger partial charge on any atom is 0.355 e. The number of amides is 1. The Morgan fingerprint density at radius 1 is 1.30 bits per heavy atom. The molecule has 0 aliphatic heterocycles. The zero-order valence-corrected chi connectivity index (χ0v) is 13.7. The first-order valence-corrected chi connectivity index (χ1v) is 8.00. The molecule has 6 nitrogen and oxygen atoms in total. The van der Waals surface area contributed by atoms with Crippen LogP contribution in [0.5, 0.6) is 0 Å². The molecule has 1 amide bonds. The van der Waals surface area contributed by atoms with Gasteiger partial charge in [-0.1, -0.05) is 12.1 Å². The number of ether oxygens (including phenoxy) is 1. The van der Waals surface area contributed by atoms with E-state index in [4.69, 9.17) is 9.84 Å². The second-order valence-electron chi connectivity index (χ2n) is 5.17. The molecule has 7 heteroatoms. The fourth-order valence-corrected chi connectivity index (χ4v) is 2.47. The molecule has 0 fully saturated rings. The molecule has 23 heavy (non-hydrogen) atoms. The number of benzene rings is 1. The number of aromatic carboxylic acids is 1. The normalized spacial score (nSPS) is 10.7. The molecule has 0 aliphatic rings. The lowest BCUT2D eigenvalue weighted by atomic mass is 10.1. The van der Waals surface area contributed by atoms with Gasteiger partial charge in [0.25, 0.3) is 5.91 Å². The van der Waals surface area contributed by atoms with E-state index in [0.29, 0.717) is 17.2 Å². The van der Waals surface area contributed by atoms with Crippen molar-refractivity contribution in [2.24, 2.45) is 0 Å². The van der Waals surface area contributed by atoms with E-state index in [2.05, 4.69) is 10.3 Å². The van der Waals surface area contributed by atoms with Crippen LogP contribution in [0.2, 0.25) is 0 Å². The first-order valence-electron chi connectivity index (χ1n) is 7.12. The first-order chi connectivity index (χ1) is 11.0. The van der Waals surface area contributed by atoms with Gasteiger partial charge < -0.3 is 15.2 Å². The number of hydrogen-bond donors (Lipinski definition) is 2. The quantitative estimate of drug-likeness (QED) is 0.813. The Morgan fingerprint density at radius 2 is 2.00 bits per heavy atom. The second-order valence-corrected chi connectivity index (χ2v) is 6.11. The highest BCUT2D eigenvalue weighted by Crippen LogP contribution is 2.11. The average Bonchev–Trinajstić information content (AvgIpc) is 3.00. The number of carboxylic acids is 1. The Labute approximate surface area is 138 Å². The molecule has 0 spiro atoms. The van der Waals surface area contributed by atoms with E-state index in [9.17, 15) is 9.59 Å². The molecule has 0 saturated carbocycles. The monoisotopic (exact) mass is 334 g/mol. The van der Waals surface area contributed by atoms with Crippen LogP contribution in [0.25, 0.3) is 0 Å². The summed E-state index contributed by atoms with van der Waals surface area (Å²) in [5.74, 6) is -1.30. The van der Waals surface area contributed by atoms with Crippen molar-refractivity contribution in [2.75, 3.05) is 0 Å². The minimum atomic E-state index is -1.07. The molecular weight excluding hydrogens is 316 g/mol. The number of carbonyl (C=O) groups excluding carboxylic acids is 1. The highest BCUT2D eigenvalue weighted by molar-refractivity contribution is 7.09. The molecule has 0 radical (unpaired) electrons. The van der Waals surface area contributed by atoms with Crippen LogP contribution in [0, 0.1) is 0 Å². The summed E-state index contributed by atoms with van der Waals surface area (Å²) in [7, 11) is 0. The summed E-state index contributed by atoms with van der Waals surface area (Å²) in [5, 5.41) is 13.5. The minimum absolute atomic E-state index is 0.00578. The van der Waals surface area contributed by atoms with Crippen LogP contribution in [0.15, 0.2) is 29.6 Å². The van der Waals surface area contributed by atoms with Gasteiger partial charge >= 0.3 is 5.97 Å². The van der Waals surface area contributed by atoms with Gasteiger partial charge in [-0.2, -0.15) is 0 Å². The Hall–Kier alpha value is -2.25. The molecule has 0 atom stereocenters. The lowest BCUT2D eigenvalue weighted by Crippen LogP contribution is -2.22. The number of nitrogens with zero attached hydrogens (tertiary/aromatic N) is 1. The maximum atomic E-state index is 12.1. The van der Waals surface area contributed by atoms with E-state index in [1.165, 1.54) is 16.7 Å². The maximum absolute atomic E-state index is 12.1. The van der Waals surface area contributed by atoms with Gasteiger partial charge in [0.2, 0.25) is 0 Å². The zero-order chi connectivity index (χ0) is 16.8. The van der Waals surface area contributed by atoms with Crippen LogP contribution in [0.3, 0.4) is 0 Å². The smallest absolute Gasteiger partial charge is 0.355 e. The van der Waals surface area contributed by atoms with E-state index in [-0.39, 0.29) is 24.2 Å². The lowest BCUT2D eigenvalue weighted by molar-refractivity contribution is 0.0656. The lowest BCUT2D eigenvalue weighted by Gasteiger charge is -2.08. The van der Waals surface area contributed by atoms with Gasteiger partial charge in [0.05, 0.1) is 19.3 Å². The van der Waals surface area contributed by atoms with Crippen LogP contribution in [-0.4, -0.2) is 28.1 Å². The Balaban J connectivity index is 1.88. The predicted molar refractivity (Wildman–Crippen MR) is 86.6 cm³/mol. The van der Waals surface area contributed by atoms with Gasteiger partial charge in [0.15, 0.2) is 5.69 Å². The molecule has 2 aromatic rings. The van der Waals surface area contributed by atoms with E-state index in [1.807, 2.05) is 26.0 Å². The summed E-state index contributed by atoms with van der Waals surface area (Å²) in [5.41, 5.74) is 1.53. The number of hydrogen-bond acceptors (Lipinski definition) is 5. The van der Waals surface area contributed by atoms with Crippen molar-refractivity contribution in [3.05, 3.63) is 51.5 Å². The summed E-state index contributed by atoms with van der Waals surface area (Å²) in [4.78, 5) is 26.7. The van der Waals surface area contributed by atoms with E-state index >= 15 is 0 Å². The largest absolute Gasteiger partial charge is 0.476 e. The van der Waals surface area contributed by atoms with Crippen molar-refractivity contribution in [3.8, 4) is 0 Å². The molecule has 0 saturated heterocycles. The Morgan fingerprint density at radius 3 is 2.57 bits per heavy atom. The number of carbonyl (C=O) groups is 2. The third-order valence-corrected chi connectivity index (χ3v) is 3.82. The van der Waals surface area contributed by atoms with Crippen molar-refractivity contribution in [1.29, 1.82) is 0 Å². The molecular formula is C16H18N2O4S. The summed E-state index contributed by atoms with van der Waals surface area (Å²) in [6, 6.07) is 7.17. The van der Waals surface area contributed by atoms with Crippen molar-refractivity contribution in [1.82, 2.24) is 10.3 Å². The minimum Gasteiger partial charge on any atom is -0.476 e. The van der Waals surface area contributed by atoms with Crippen LogP contribution in [-0.2, 0) is 17.9 Å². The third-order valence-electron chi connectivity index (χ3n) is 2.97. The molecule has 1 aromatic carbocycles.